The second-order valence-corrected chi connectivity index (χ2v) is 15.1. The monoisotopic (exact) mass is 774 g/mol. The number of aliphatic hydroxyl groups excluding tert-OH is 1. The predicted octanol–water partition coefficient (Wildman–Crippen LogP) is 1.19. The van der Waals surface area contributed by atoms with E-state index in [0.29, 0.717) is 36.9 Å². The number of ether oxygens (including phenoxy) is 1. The Kier molecular flexibility index (Phi) is 18.3. The molecule has 0 spiro atoms. The summed E-state index contributed by atoms with van der Waals surface area (Å²) in [5.74, 6) is -1.88. The number of amides is 6. The van der Waals surface area contributed by atoms with Crippen LogP contribution < -0.4 is 27.0 Å². The van der Waals surface area contributed by atoms with E-state index in [1.54, 1.807) is 45.2 Å². The van der Waals surface area contributed by atoms with Crippen molar-refractivity contribution in [2.24, 2.45) is 11.7 Å². The van der Waals surface area contributed by atoms with E-state index < -0.39 is 62.5 Å². The molecule has 20 heteroatoms. The highest BCUT2D eigenvalue weighted by Gasteiger charge is 2.36. The van der Waals surface area contributed by atoms with Crippen LogP contribution in [0.2, 0.25) is 0 Å². The number of nitrogens with one attached hydrogen (secondary N) is 4. The van der Waals surface area contributed by atoms with Crippen molar-refractivity contribution in [1.82, 2.24) is 30.2 Å². The number of sulfonamides is 1. The van der Waals surface area contributed by atoms with Gasteiger partial charge in [0.15, 0.2) is 0 Å². The molecule has 3 atom stereocenters. The molecule has 1 unspecified atom stereocenters. The fourth-order valence-corrected chi connectivity index (χ4v) is 6.52. The SMILES string of the molecule is CC(C)[C@H](NC(=O)CCCCCN1C(O)C=C(Cl)S1(=O)=O)C(=O)N[C@@H](CCCNC(N)=O)C(=O)Nc1ccc(COC(=O)N(C)CCN(C)O)cc1. The maximum Gasteiger partial charge on any atom is 0.409 e. The van der Waals surface area contributed by atoms with Gasteiger partial charge < -0.3 is 47.0 Å². The Morgan fingerprint density at radius 3 is 2.25 bits per heavy atom. The van der Waals surface area contributed by atoms with Crippen molar-refractivity contribution in [3.05, 3.63) is 40.3 Å². The molecule has 0 fully saturated rings. The molecule has 8 N–H and O–H groups in total. The van der Waals surface area contributed by atoms with Crippen molar-refractivity contribution in [1.29, 1.82) is 0 Å². The molecule has 1 aliphatic rings. The number of halogens is 1. The zero-order valence-corrected chi connectivity index (χ0v) is 31.4. The van der Waals surface area contributed by atoms with Crippen LogP contribution in [0.5, 0.6) is 0 Å². The number of hydrogen-bond acceptors (Lipinski definition) is 11. The van der Waals surface area contributed by atoms with Crippen LogP contribution in [0.1, 0.15) is 57.9 Å². The van der Waals surface area contributed by atoms with E-state index in [4.69, 9.17) is 22.1 Å². The summed E-state index contributed by atoms with van der Waals surface area (Å²) in [5.41, 5.74) is 6.19. The largest absolute Gasteiger partial charge is 0.445 e. The highest BCUT2D eigenvalue weighted by atomic mass is 35.5. The Morgan fingerprint density at radius 1 is 1.00 bits per heavy atom. The number of primary amides is 1. The summed E-state index contributed by atoms with van der Waals surface area (Å²) in [6.07, 6.45) is 0.848. The quantitative estimate of drug-likeness (QED) is 0.0690. The standard InChI is InChI=1S/C32H51ClN8O10S/c1-21(2)28(38-26(42)10-6-5-7-16-41-27(43)19-25(33)52(41,49)50)30(45)37-24(9-8-15-35-31(34)46)29(44)36-23-13-11-22(12-14-23)20-51-32(47)39(3)17-18-40(4)48/h11-14,19,21,24,27-28,43,48H,5-10,15-18,20H2,1-4H3,(H,36,44)(H,37,45)(H,38,42)(H3,34,35,46)/t24-,27?,28-/m0/s1. The lowest BCUT2D eigenvalue weighted by atomic mass is 10.0. The van der Waals surface area contributed by atoms with Gasteiger partial charge in [-0.2, -0.15) is 9.37 Å². The van der Waals surface area contributed by atoms with E-state index in [-0.39, 0.29) is 51.5 Å². The first kappa shape index (κ1) is 44.2. The molecule has 1 aliphatic heterocycles. The number of aliphatic hydroxyl groups is 1. The molecule has 0 bridgehead atoms. The van der Waals surface area contributed by atoms with Gasteiger partial charge in [0.25, 0.3) is 10.0 Å². The van der Waals surface area contributed by atoms with E-state index >= 15 is 0 Å². The molecule has 0 aliphatic carbocycles. The molecule has 0 radical (unpaired) electrons. The lowest BCUT2D eigenvalue weighted by molar-refractivity contribution is -0.132. The molecular weight excluding hydrogens is 724 g/mol. The molecular formula is C32H51ClN8O10S. The van der Waals surface area contributed by atoms with Crippen LogP contribution in [-0.4, -0.2) is 121 Å². The van der Waals surface area contributed by atoms with Gasteiger partial charge in [0, 0.05) is 52.4 Å². The van der Waals surface area contributed by atoms with Gasteiger partial charge in [0.05, 0.1) is 0 Å². The van der Waals surface area contributed by atoms with Gasteiger partial charge >= 0.3 is 12.1 Å². The van der Waals surface area contributed by atoms with Gasteiger partial charge in [-0.15, -0.1) is 0 Å². The summed E-state index contributed by atoms with van der Waals surface area (Å²) in [4.78, 5) is 64.2. The summed E-state index contributed by atoms with van der Waals surface area (Å²) in [5, 5.41) is 30.7. The van der Waals surface area contributed by atoms with E-state index in [9.17, 15) is 42.7 Å². The molecule has 1 aromatic rings. The number of carbonyl (C=O) groups excluding carboxylic acids is 5. The summed E-state index contributed by atoms with van der Waals surface area (Å²) >= 11 is 5.67. The van der Waals surface area contributed by atoms with E-state index in [1.807, 2.05) is 0 Å². The number of nitrogens with zero attached hydrogens (tertiary/aromatic N) is 3. The molecule has 2 rings (SSSR count). The second-order valence-electron chi connectivity index (χ2n) is 12.6. The molecule has 0 aromatic heterocycles. The highest BCUT2D eigenvalue weighted by molar-refractivity contribution is 7.94. The Labute approximate surface area is 309 Å². The molecule has 1 aromatic carbocycles. The first-order chi connectivity index (χ1) is 24.4. The molecule has 0 saturated heterocycles. The number of likely N-dealkylation sites (N-methyl/N-ethyl adjacent to an activating group) is 2. The zero-order chi connectivity index (χ0) is 39.0. The smallest absolute Gasteiger partial charge is 0.409 e. The number of carbonyl (C=O) groups is 5. The number of benzene rings is 1. The maximum absolute atomic E-state index is 13.4. The summed E-state index contributed by atoms with van der Waals surface area (Å²) in [7, 11) is -0.893. The third-order valence-electron chi connectivity index (χ3n) is 7.93. The summed E-state index contributed by atoms with van der Waals surface area (Å²) in [6.45, 7) is 4.14. The van der Waals surface area contributed by atoms with Gasteiger partial charge in [-0.3, -0.25) is 14.4 Å². The average molecular weight is 775 g/mol. The third-order valence-corrected chi connectivity index (χ3v) is 10.3. The number of nitrogens with two attached hydrogens (primary N) is 1. The topological polar surface area (TPSA) is 253 Å². The van der Waals surface area contributed by atoms with Gasteiger partial charge in [0.1, 0.15) is 29.3 Å². The van der Waals surface area contributed by atoms with Crippen molar-refractivity contribution < 1.29 is 47.4 Å². The zero-order valence-electron chi connectivity index (χ0n) is 29.8. The van der Waals surface area contributed by atoms with Crippen LogP contribution >= 0.6 is 11.6 Å². The molecule has 18 nitrogen and oxygen atoms in total. The first-order valence-electron chi connectivity index (χ1n) is 16.8. The third kappa shape index (κ3) is 14.9. The van der Waals surface area contributed by atoms with Gasteiger partial charge in [-0.1, -0.05) is 44.0 Å². The van der Waals surface area contributed by atoms with E-state index in [1.165, 1.54) is 11.9 Å². The second kappa shape index (κ2) is 21.5. The highest BCUT2D eigenvalue weighted by Crippen LogP contribution is 2.27. The maximum atomic E-state index is 13.4. The minimum Gasteiger partial charge on any atom is -0.445 e. The van der Waals surface area contributed by atoms with Crippen molar-refractivity contribution in [3.8, 4) is 0 Å². The van der Waals surface area contributed by atoms with Crippen LogP contribution in [0.25, 0.3) is 0 Å². The number of urea groups is 1. The minimum absolute atomic E-state index is 0.0235. The van der Waals surface area contributed by atoms with Gasteiger partial charge in [-0.25, -0.2) is 18.0 Å². The number of unbranched alkanes of at least 4 members (excludes halogenated alkanes) is 2. The van der Waals surface area contributed by atoms with Gasteiger partial charge in [0.2, 0.25) is 17.7 Å². The van der Waals surface area contributed by atoms with Crippen LogP contribution in [0.4, 0.5) is 15.3 Å². The normalized spacial score (nSPS) is 16.5. The molecule has 1 heterocycles. The van der Waals surface area contributed by atoms with E-state index in [0.717, 1.165) is 15.4 Å². The Bertz CT molecular complexity index is 1510. The molecule has 6 amide bonds. The van der Waals surface area contributed by atoms with Crippen molar-refractivity contribution in [3.63, 3.8) is 0 Å². The average Bonchev–Trinajstić information content (AvgIpc) is 3.27. The Balaban J connectivity index is 1.95. The lowest BCUT2D eigenvalue weighted by Crippen LogP contribution is -2.54. The van der Waals surface area contributed by atoms with Crippen molar-refractivity contribution in [2.45, 2.75) is 77.3 Å². The Hall–Kier alpha value is -4.01. The van der Waals surface area contributed by atoms with Gasteiger partial charge in [-0.05, 0) is 55.4 Å². The Morgan fingerprint density at radius 2 is 1.67 bits per heavy atom. The summed E-state index contributed by atoms with van der Waals surface area (Å²) in [6, 6.07) is 3.77. The number of hydrogen-bond donors (Lipinski definition) is 7. The predicted molar refractivity (Wildman–Crippen MR) is 192 cm³/mol. The molecule has 0 saturated carbocycles. The fourth-order valence-electron chi connectivity index (χ4n) is 4.91. The van der Waals surface area contributed by atoms with E-state index in [2.05, 4.69) is 21.3 Å². The molecule has 52 heavy (non-hydrogen) atoms. The first-order valence-corrected chi connectivity index (χ1v) is 18.6. The van der Waals surface area contributed by atoms with Crippen molar-refractivity contribution >= 4 is 57.2 Å². The number of rotatable bonds is 21. The van der Waals surface area contributed by atoms with Crippen LogP contribution in [-0.2, 0) is 35.8 Å². The number of anilines is 1. The lowest BCUT2D eigenvalue weighted by Gasteiger charge is -2.25. The van der Waals surface area contributed by atoms with Crippen LogP contribution in [0.3, 0.4) is 0 Å². The minimum atomic E-state index is -3.90. The van der Waals surface area contributed by atoms with Crippen molar-refractivity contribution in [2.75, 3.05) is 45.6 Å². The fraction of sp³-hybridized carbons (Fsp3) is 0.594. The molecule has 292 valence electrons. The summed E-state index contributed by atoms with van der Waals surface area (Å²) < 4.78 is 30.0. The van der Waals surface area contributed by atoms with Crippen LogP contribution in [0, 0.1) is 5.92 Å². The van der Waals surface area contributed by atoms with Crippen LogP contribution in [0.15, 0.2) is 34.7 Å². The number of hydroxylamine groups is 2.